The molecule has 1 aliphatic carbocycles. The molecule has 1 unspecified atom stereocenters. The molecule has 2 nitrogen and oxygen atoms in total. The Balaban J connectivity index is 1.83. The molecule has 0 amide bonds. The molecule has 108 valence electrons. The van der Waals surface area contributed by atoms with Crippen LogP contribution in [0.25, 0.3) is 10.9 Å². The molecule has 2 aromatic rings. The molecule has 20 heavy (non-hydrogen) atoms. The number of hydrogen-bond acceptors (Lipinski definition) is 1. The van der Waals surface area contributed by atoms with E-state index in [9.17, 15) is 0 Å². The lowest BCUT2D eigenvalue weighted by molar-refractivity contribution is 0.180. The second-order valence-electron chi connectivity index (χ2n) is 6.07. The quantitative estimate of drug-likeness (QED) is 0.865. The monoisotopic (exact) mass is 270 g/mol. The summed E-state index contributed by atoms with van der Waals surface area (Å²) in [6, 6.07) is 7.58. The van der Waals surface area contributed by atoms with Crippen LogP contribution < -0.4 is 0 Å². The second kappa shape index (κ2) is 6.01. The summed E-state index contributed by atoms with van der Waals surface area (Å²) in [7, 11) is 0. The van der Waals surface area contributed by atoms with Crippen LogP contribution in [0, 0.1) is 0 Å². The van der Waals surface area contributed by atoms with Gasteiger partial charge in [-0.3, -0.25) is 0 Å². The van der Waals surface area contributed by atoms with E-state index < -0.39 is 0 Å². The summed E-state index contributed by atoms with van der Waals surface area (Å²) >= 11 is 0. The summed E-state index contributed by atoms with van der Waals surface area (Å²) in [6.07, 6.45) is 8.38. The number of aromatic nitrogens is 1. The molecule has 1 aliphatic rings. The van der Waals surface area contributed by atoms with Crippen molar-refractivity contribution >= 4 is 10.9 Å². The Morgan fingerprint density at radius 1 is 1.15 bits per heavy atom. The average Bonchev–Trinajstić information content (AvgIpc) is 2.95. The normalized spacial score (nSPS) is 18.6. The Bertz CT molecular complexity index is 564. The summed E-state index contributed by atoms with van der Waals surface area (Å²) in [6.45, 7) is 7.09. The molecule has 0 bridgehead atoms. The minimum atomic E-state index is 0.749. The van der Waals surface area contributed by atoms with Crippen LogP contribution in [0.1, 0.15) is 44.2 Å². The van der Waals surface area contributed by atoms with Gasteiger partial charge in [0.1, 0.15) is 0 Å². The smallest absolute Gasteiger partial charge is 0.0456 e. The number of hydrogen-bond donors (Lipinski definition) is 1. The van der Waals surface area contributed by atoms with E-state index >= 15 is 0 Å². The number of H-pyrrole nitrogens is 1. The maximum Gasteiger partial charge on any atom is 0.0456 e. The molecule has 0 saturated carbocycles. The van der Waals surface area contributed by atoms with Crippen molar-refractivity contribution in [3.05, 3.63) is 35.5 Å². The molecule has 2 heteroatoms. The Kier molecular flexibility index (Phi) is 4.11. The van der Waals surface area contributed by atoms with Gasteiger partial charge in [0, 0.05) is 23.1 Å². The van der Waals surface area contributed by atoms with Crippen LogP contribution in [0.15, 0.2) is 24.4 Å². The molecule has 1 heterocycles. The van der Waals surface area contributed by atoms with Crippen molar-refractivity contribution in [3.8, 4) is 0 Å². The molecule has 1 aromatic carbocycles. The first-order valence-electron chi connectivity index (χ1n) is 8.15. The largest absolute Gasteiger partial charge is 0.361 e. The van der Waals surface area contributed by atoms with Gasteiger partial charge in [0.2, 0.25) is 0 Å². The van der Waals surface area contributed by atoms with Gasteiger partial charge in [-0.25, -0.2) is 0 Å². The van der Waals surface area contributed by atoms with Crippen molar-refractivity contribution in [3.63, 3.8) is 0 Å². The van der Waals surface area contributed by atoms with E-state index in [1.807, 2.05) is 0 Å². The first kappa shape index (κ1) is 13.7. The Labute approximate surface area is 122 Å². The topological polar surface area (TPSA) is 19.0 Å². The fourth-order valence-corrected chi connectivity index (χ4v) is 3.76. The minimum Gasteiger partial charge on any atom is -0.361 e. The first-order chi connectivity index (χ1) is 9.83. The molecule has 1 N–H and O–H groups in total. The third kappa shape index (κ3) is 2.49. The number of aromatic amines is 1. The third-order valence-electron chi connectivity index (χ3n) is 4.66. The van der Waals surface area contributed by atoms with Gasteiger partial charge in [-0.15, -0.1) is 0 Å². The highest BCUT2D eigenvalue weighted by Gasteiger charge is 2.24. The van der Waals surface area contributed by atoms with Crippen LogP contribution in [0.3, 0.4) is 0 Å². The summed E-state index contributed by atoms with van der Waals surface area (Å²) in [5.41, 5.74) is 4.46. The van der Waals surface area contributed by atoms with Gasteiger partial charge in [0.05, 0.1) is 0 Å². The predicted molar refractivity (Wildman–Crippen MR) is 86.3 cm³/mol. The van der Waals surface area contributed by atoms with Gasteiger partial charge in [0.15, 0.2) is 0 Å². The van der Waals surface area contributed by atoms with Crippen molar-refractivity contribution in [2.24, 2.45) is 0 Å². The van der Waals surface area contributed by atoms with Crippen LogP contribution in [-0.2, 0) is 12.8 Å². The molecule has 0 fully saturated rings. The summed E-state index contributed by atoms with van der Waals surface area (Å²) < 4.78 is 0. The van der Waals surface area contributed by atoms with E-state index in [1.54, 1.807) is 11.1 Å². The zero-order valence-corrected chi connectivity index (χ0v) is 12.8. The fourth-order valence-electron chi connectivity index (χ4n) is 3.76. The number of rotatable bonds is 5. The number of aryl methyl sites for hydroxylation is 1. The van der Waals surface area contributed by atoms with E-state index in [0.29, 0.717) is 0 Å². The lowest BCUT2D eigenvalue weighted by Crippen LogP contribution is -2.40. The standard InChI is InChI=1S/C18H26N2/c1-3-11-20(12-4-2)15-6-7-16-14(13-15)5-8-18-17(16)9-10-19-18/h5,8-10,15,19H,3-4,6-7,11-13H2,1-2H3. The van der Waals surface area contributed by atoms with Crippen molar-refractivity contribution in [1.82, 2.24) is 9.88 Å². The van der Waals surface area contributed by atoms with Gasteiger partial charge in [-0.05, 0) is 68.5 Å². The Morgan fingerprint density at radius 2 is 1.95 bits per heavy atom. The van der Waals surface area contributed by atoms with Gasteiger partial charge in [-0.2, -0.15) is 0 Å². The number of nitrogens with one attached hydrogen (secondary N) is 1. The van der Waals surface area contributed by atoms with Gasteiger partial charge < -0.3 is 9.88 Å². The van der Waals surface area contributed by atoms with E-state index in [1.165, 1.54) is 56.1 Å². The highest BCUT2D eigenvalue weighted by molar-refractivity contribution is 5.84. The van der Waals surface area contributed by atoms with Crippen LogP contribution in [0.2, 0.25) is 0 Å². The van der Waals surface area contributed by atoms with Crippen molar-refractivity contribution in [2.75, 3.05) is 13.1 Å². The molecular formula is C18H26N2. The number of benzene rings is 1. The molecule has 0 saturated heterocycles. The number of nitrogens with zero attached hydrogens (tertiary/aromatic N) is 1. The van der Waals surface area contributed by atoms with E-state index in [0.717, 1.165) is 6.04 Å². The SMILES string of the molecule is CCCN(CCC)C1CCc2c(ccc3[nH]ccc23)C1. The van der Waals surface area contributed by atoms with Crippen LogP contribution in [0.5, 0.6) is 0 Å². The van der Waals surface area contributed by atoms with Gasteiger partial charge >= 0.3 is 0 Å². The summed E-state index contributed by atoms with van der Waals surface area (Å²) in [5, 5.41) is 1.44. The lowest BCUT2D eigenvalue weighted by Gasteiger charge is -2.35. The Hall–Kier alpha value is -1.28. The highest BCUT2D eigenvalue weighted by Crippen LogP contribution is 2.30. The highest BCUT2D eigenvalue weighted by atomic mass is 15.1. The molecule has 1 aromatic heterocycles. The minimum absolute atomic E-state index is 0.749. The summed E-state index contributed by atoms with van der Waals surface area (Å²) in [4.78, 5) is 6.05. The predicted octanol–water partition coefficient (Wildman–Crippen LogP) is 4.15. The van der Waals surface area contributed by atoms with Crippen LogP contribution in [0.4, 0.5) is 0 Å². The average molecular weight is 270 g/mol. The zero-order chi connectivity index (χ0) is 13.9. The maximum atomic E-state index is 3.33. The lowest BCUT2D eigenvalue weighted by atomic mass is 9.85. The summed E-state index contributed by atoms with van der Waals surface area (Å²) in [5.74, 6) is 0. The van der Waals surface area contributed by atoms with E-state index in [4.69, 9.17) is 0 Å². The maximum absolute atomic E-state index is 3.33. The third-order valence-corrected chi connectivity index (χ3v) is 4.66. The first-order valence-corrected chi connectivity index (χ1v) is 8.15. The number of fused-ring (bicyclic) bond motifs is 3. The molecule has 0 aliphatic heterocycles. The molecule has 0 radical (unpaired) electrons. The van der Waals surface area contributed by atoms with Crippen molar-refractivity contribution < 1.29 is 0 Å². The van der Waals surface area contributed by atoms with Gasteiger partial charge in [-0.1, -0.05) is 19.9 Å². The van der Waals surface area contributed by atoms with E-state index in [2.05, 4.69) is 48.1 Å². The van der Waals surface area contributed by atoms with Gasteiger partial charge in [0.25, 0.3) is 0 Å². The second-order valence-corrected chi connectivity index (χ2v) is 6.07. The van der Waals surface area contributed by atoms with Crippen LogP contribution >= 0.6 is 0 Å². The molecule has 3 rings (SSSR count). The Morgan fingerprint density at radius 3 is 2.70 bits per heavy atom. The van der Waals surface area contributed by atoms with Crippen molar-refractivity contribution in [1.29, 1.82) is 0 Å². The fraction of sp³-hybridized carbons (Fsp3) is 0.556. The molecule has 0 spiro atoms. The van der Waals surface area contributed by atoms with Crippen LogP contribution in [-0.4, -0.2) is 29.0 Å². The zero-order valence-electron chi connectivity index (χ0n) is 12.8. The molecular weight excluding hydrogens is 244 g/mol. The van der Waals surface area contributed by atoms with Crippen molar-refractivity contribution in [2.45, 2.75) is 52.0 Å². The molecule has 1 atom stereocenters. The van der Waals surface area contributed by atoms with E-state index in [-0.39, 0.29) is 0 Å².